The van der Waals surface area contributed by atoms with Crippen LogP contribution in [-0.2, 0) is 4.79 Å². The lowest BCUT2D eigenvalue weighted by Crippen LogP contribution is -2.32. The molecule has 2 heterocycles. The molecule has 114 valence electrons. The van der Waals surface area contributed by atoms with Crippen molar-refractivity contribution in [3.63, 3.8) is 0 Å². The van der Waals surface area contributed by atoms with Gasteiger partial charge in [-0.25, -0.2) is 4.39 Å². The van der Waals surface area contributed by atoms with Crippen LogP contribution < -0.4 is 5.73 Å². The number of aromatic nitrogens is 1. The minimum absolute atomic E-state index is 0.175. The molecule has 1 aliphatic rings. The highest BCUT2D eigenvalue weighted by molar-refractivity contribution is 6.06. The highest BCUT2D eigenvalue weighted by Crippen LogP contribution is 2.24. The molecule has 0 aliphatic carbocycles. The quantitative estimate of drug-likeness (QED) is 0.916. The van der Waals surface area contributed by atoms with Crippen LogP contribution in [0.15, 0.2) is 24.3 Å². The van der Waals surface area contributed by atoms with Crippen LogP contribution in [0.3, 0.4) is 0 Å². The highest BCUT2D eigenvalue weighted by Gasteiger charge is 2.30. The number of fused-ring (bicyclic) bond motifs is 1. The first-order valence-electron chi connectivity index (χ1n) is 7.11. The van der Waals surface area contributed by atoms with Gasteiger partial charge in [-0.2, -0.15) is 0 Å². The summed E-state index contributed by atoms with van der Waals surface area (Å²) in [5, 5.41) is 0.611. The molecule has 0 radical (unpaired) electrons. The van der Waals surface area contributed by atoms with Crippen LogP contribution in [0.1, 0.15) is 22.5 Å². The number of carbonyl (C=O) groups is 2. The van der Waals surface area contributed by atoms with Crippen LogP contribution in [0, 0.1) is 18.7 Å². The molecular formula is C16H16FN3O2. The van der Waals surface area contributed by atoms with Crippen molar-refractivity contribution >= 4 is 22.7 Å². The third-order valence-corrected chi connectivity index (χ3v) is 4.01. The van der Waals surface area contributed by atoms with Crippen molar-refractivity contribution in [3.8, 4) is 0 Å². The van der Waals surface area contributed by atoms with E-state index in [0.717, 1.165) is 0 Å². The van der Waals surface area contributed by atoms with Crippen LogP contribution >= 0.6 is 0 Å². The molecule has 1 unspecified atom stereocenters. The second-order valence-corrected chi connectivity index (χ2v) is 5.61. The number of primary amides is 1. The van der Waals surface area contributed by atoms with E-state index in [0.29, 0.717) is 41.7 Å². The summed E-state index contributed by atoms with van der Waals surface area (Å²) in [5.74, 6) is -1.24. The Balaban J connectivity index is 1.99. The number of carbonyl (C=O) groups excluding carboxylic acids is 2. The van der Waals surface area contributed by atoms with Crippen molar-refractivity contribution < 1.29 is 14.0 Å². The standard InChI is InChI=1S/C16H16FN3O2/c1-9-6-13(12-3-2-11(17)7-14(12)19-9)16(22)20-5-4-10(8-20)15(18)21/h2-3,6-7,10H,4-5,8H2,1H3,(H2,18,21). The van der Waals surface area contributed by atoms with E-state index in [1.54, 1.807) is 24.0 Å². The summed E-state index contributed by atoms with van der Waals surface area (Å²) in [5.41, 5.74) is 6.88. The number of rotatable bonds is 2. The normalized spacial score (nSPS) is 17.9. The maximum atomic E-state index is 13.4. The van der Waals surface area contributed by atoms with E-state index in [-0.39, 0.29) is 23.5 Å². The second kappa shape index (κ2) is 5.36. The maximum Gasteiger partial charge on any atom is 0.254 e. The van der Waals surface area contributed by atoms with Gasteiger partial charge in [0.25, 0.3) is 5.91 Å². The average molecular weight is 301 g/mol. The monoisotopic (exact) mass is 301 g/mol. The minimum Gasteiger partial charge on any atom is -0.369 e. The van der Waals surface area contributed by atoms with Crippen molar-refractivity contribution in [1.82, 2.24) is 9.88 Å². The average Bonchev–Trinajstić information content (AvgIpc) is 2.95. The molecule has 2 amide bonds. The maximum absolute atomic E-state index is 13.4. The summed E-state index contributed by atoms with van der Waals surface area (Å²) >= 11 is 0. The van der Waals surface area contributed by atoms with E-state index in [1.165, 1.54) is 12.1 Å². The molecule has 3 rings (SSSR count). The summed E-state index contributed by atoms with van der Waals surface area (Å²) < 4.78 is 13.4. The van der Waals surface area contributed by atoms with Crippen LogP contribution in [0.4, 0.5) is 4.39 Å². The zero-order valence-corrected chi connectivity index (χ0v) is 12.2. The largest absolute Gasteiger partial charge is 0.369 e. The fourth-order valence-corrected chi connectivity index (χ4v) is 2.86. The third kappa shape index (κ3) is 2.52. The van der Waals surface area contributed by atoms with Gasteiger partial charge in [-0.1, -0.05) is 0 Å². The molecule has 2 N–H and O–H groups in total. The lowest BCUT2D eigenvalue weighted by atomic mass is 10.1. The molecule has 1 atom stereocenters. The molecule has 0 spiro atoms. The van der Waals surface area contributed by atoms with Gasteiger partial charge < -0.3 is 10.6 Å². The van der Waals surface area contributed by atoms with Crippen molar-refractivity contribution in [1.29, 1.82) is 0 Å². The third-order valence-electron chi connectivity index (χ3n) is 4.01. The number of likely N-dealkylation sites (tertiary alicyclic amines) is 1. The molecule has 1 aromatic heterocycles. The number of pyridine rings is 1. The van der Waals surface area contributed by atoms with Gasteiger partial charge in [0, 0.05) is 30.2 Å². The Kier molecular flexibility index (Phi) is 3.52. The first-order valence-corrected chi connectivity index (χ1v) is 7.11. The Morgan fingerprint density at radius 3 is 2.82 bits per heavy atom. The number of hydrogen-bond acceptors (Lipinski definition) is 3. The molecule has 6 heteroatoms. The highest BCUT2D eigenvalue weighted by atomic mass is 19.1. The van der Waals surface area contributed by atoms with E-state index >= 15 is 0 Å². The summed E-state index contributed by atoms with van der Waals surface area (Å²) in [6.07, 6.45) is 0.581. The summed E-state index contributed by atoms with van der Waals surface area (Å²) in [7, 11) is 0. The number of nitrogens with zero attached hydrogens (tertiary/aromatic N) is 2. The van der Waals surface area contributed by atoms with Crippen molar-refractivity contribution in [2.24, 2.45) is 11.7 Å². The van der Waals surface area contributed by atoms with Crippen LogP contribution in [0.2, 0.25) is 0 Å². The van der Waals surface area contributed by atoms with Crippen LogP contribution in [-0.4, -0.2) is 34.8 Å². The van der Waals surface area contributed by atoms with Gasteiger partial charge in [-0.3, -0.25) is 14.6 Å². The Hall–Kier alpha value is -2.50. The van der Waals surface area contributed by atoms with E-state index in [9.17, 15) is 14.0 Å². The van der Waals surface area contributed by atoms with Crippen molar-refractivity contribution in [2.45, 2.75) is 13.3 Å². The van der Waals surface area contributed by atoms with Gasteiger partial charge in [0.1, 0.15) is 5.82 Å². The Morgan fingerprint density at radius 2 is 2.14 bits per heavy atom. The Labute approximate surface area is 126 Å². The Morgan fingerprint density at radius 1 is 1.36 bits per heavy atom. The topological polar surface area (TPSA) is 76.3 Å². The zero-order chi connectivity index (χ0) is 15.9. The molecule has 1 aliphatic heterocycles. The molecule has 0 saturated carbocycles. The van der Waals surface area contributed by atoms with Gasteiger partial charge in [-0.15, -0.1) is 0 Å². The van der Waals surface area contributed by atoms with E-state index < -0.39 is 0 Å². The van der Waals surface area contributed by atoms with E-state index in [4.69, 9.17) is 5.73 Å². The summed E-state index contributed by atoms with van der Waals surface area (Å²) in [4.78, 5) is 29.8. The number of nitrogens with two attached hydrogens (primary N) is 1. The van der Waals surface area contributed by atoms with E-state index in [2.05, 4.69) is 4.98 Å². The molecule has 1 aromatic carbocycles. The second-order valence-electron chi connectivity index (χ2n) is 5.61. The van der Waals surface area contributed by atoms with Gasteiger partial charge >= 0.3 is 0 Å². The molecule has 5 nitrogen and oxygen atoms in total. The number of aryl methyl sites for hydroxylation is 1. The molecule has 1 fully saturated rings. The lowest BCUT2D eigenvalue weighted by Gasteiger charge is -2.17. The zero-order valence-electron chi connectivity index (χ0n) is 12.2. The first kappa shape index (κ1) is 14.4. The number of benzene rings is 1. The number of halogens is 1. The fraction of sp³-hybridized carbons (Fsp3) is 0.312. The van der Waals surface area contributed by atoms with E-state index in [1.807, 2.05) is 0 Å². The van der Waals surface area contributed by atoms with Gasteiger partial charge in [-0.05, 0) is 31.5 Å². The first-order chi connectivity index (χ1) is 10.5. The van der Waals surface area contributed by atoms with Gasteiger partial charge in [0.2, 0.25) is 5.91 Å². The minimum atomic E-state index is -0.390. The van der Waals surface area contributed by atoms with Crippen molar-refractivity contribution in [2.75, 3.05) is 13.1 Å². The Bertz CT molecular complexity index is 770. The van der Waals surface area contributed by atoms with Crippen LogP contribution in [0.25, 0.3) is 10.9 Å². The van der Waals surface area contributed by atoms with Crippen molar-refractivity contribution in [3.05, 3.63) is 41.3 Å². The summed E-state index contributed by atoms with van der Waals surface area (Å²) in [6, 6.07) is 5.88. The lowest BCUT2D eigenvalue weighted by molar-refractivity contribution is -0.121. The fourth-order valence-electron chi connectivity index (χ4n) is 2.86. The molecule has 0 bridgehead atoms. The SMILES string of the molecule is Cc1cc(C(=O)N2CCC(C(N)=O)C2)c2ccc(F)cc2n1. The molecule has 1 saturated heterocycles. The smallest absolute Gasteiger partial charge is 0.254 e. The molecular weight excluding hydrogens is 285 g/mol. The van der Waals surface area contributed by atoms with Gasteiger partial charge in [0.05, 0.1) is 17.0 Å². The number of amides is 2. The van der Waals surface area contributed by atoms with Crippen LogP contribution in [0.5, 0.6) is 0 Å². The predicted octanol–water partition coefficient (Wildman–Crippen LogP) is 1.63. The summed E-state index contributed by atoms with van der Waals surface area (Å²) in [6.45, 7) is 2.59. The molecule has 2 aromatic rings. The van der Waals surface area contributed by atoms with Gasteiger partial charge in [0.15, 0.2) is 0 Å². The number of hydrogen-bond donors (Lipinski definition) is 1. The molecule has 22 heavy (non-hydrogen) atoms. The predicted molar refractivity (Wildman–Crippen MR) is 79.6 cm³/mol.